The smallest absolute Gasteiger partial charge is 0.0955 e. The van der Waals surface area contributed by atoms with Gasteiger partial charge in [-0.05, 0) is 32.0 Å². The van der Waals surface area contributed by atoms with E-state index in [0.717, 1.165) is 15.9 Å². The summed E-state index contributed by atoms with van der Waals surface area (Å²) in [5.41, 5.74) is 2.13. The first kappa shape index (κ1) is 11.5. The van der Waals surface area contributed by atoms with Crippen molar-refractivity contribution in [2.24, 2.45) is 7.05 Å². The van der Waals surface area contributed by atoms with Gasteiger partial charge in [-0.3, -0.25) is 0 Å². The number of thioether (sulfide) groups is 1. The molecule has 1 N–H and O–H groups in total. The van der Waals surface area contributed by atoms with Crippen LogP contribution >= 0.6 is 11.8 Å². The van der Waals surface area contributed by atoms with Crippen LogP contribution in [0.3, 0.4) is 0 Å². The van der Waals surface area contributed by atoms with Crippen molar-refractivity contribution in [1.82, 2.24) is 9.55 Å². The van der Waals surface area contributed by atoms with Gasteiger partial charge in [-0.15, -0.1) is 11.8 Å². The van der Waals surface area contributed by atoms with E-state index in [0.29, 0.717) is 0 Å². The van der Waals surface area contributed by atoms with Crippen LogP contribution in [0.15, 0.2) is 29.4 Å². The van der Waals surface area contributed by atoms with E-state index in [-0.39, 0.29) is 11.4 Å². The molecule has 0 spiro atoms. The summed E-state index contributed by atoms with van der Waals surface area (Å²) < 4.78 is 1.85. The van der Waals surface area contributed by atoms with Crippen molar-refractivity contribution >= 4 is 22.8 Å². The van der Waals surface area contributed by atoms with Gasteiger partial charge < -0.3 is 9.67 Å². The summed E-state index contributed by atoms with van der Waals surface area (Å²) in [5, 5.41) is 9.23. The highest BCUT2D eigenvalue weighted by Gasteiger charge is 2.18. The van der Waals surface area contributed by atoms with Crippen molar-refractivity contribution in [3.8, 4) is 0 Å². The van der Waals surface area contributed by atoms with Gasteiger partial charge in [0.2, 0.25) is 0 Å². The molecule has 2 rings (SSSR count). The highest BCUT2D eigenvalue weighted by Crippen LogP contribution is 2.33. The van der Waals surface area contributed by atoms with Crippen molar-refractivity contribution in [3.63, 3.8) is 0 Å². The Hall–Kier alpha value is -1.00. The number of aliphatic hydroxyl groups excluding tert-OH is 1. The number of imidazole rings is 1. The zero-order valence-corrected chi connectivity index (χ0v) is 10.6. The zero-order valence-electron chi connectivity index (χ0n) is 9.77. The number of hydrogen-bond acceptors (Lipinski definition) is 3. The van der Waals surface area contributed by atoms with E-state index in [1.807, 2.05) is 31.8 Å². The van der Waals surface area contributed by atoms with E-state index < -0.39 is 0 Å². The van der Waals surface area contributed by atoms with Crippen LogP contribution in [-0.2, 0) is 7.05 Å². The normalized spacial score (nSPS) is 12.2. The molecule has 0 aliphatic rings. The van der Waals surface area contributed by atoms with E-state index in [1.54, 1.807) is 11.8 Å². The maximum Gasteiger partial charge on any atom is 0.0955 e. The number of aliphatic hydroxyl groups is 1. The standard InChI is InChI=1S/C12H16N2OS/c1-12(2,7-15)16-9-4-5-11-10(6-9)13-8-14(11)3/h4-6,8,15H,7H2,1-3H3. The van der Waals surface area contributed by atoms with Crippen LogP contribution in [0.1, 0.15) is 13.8 Å². The predicted molar refractivity (Wildman–Crippen MR) is 67.7 cm³/mol. The quantitative estimate of drug-likeness (QED) is 0.832. The SMILES string of the molecule is Cn1cnc2cc(SC(C)(C)CO)ccc21. The minimum Gasteiger partial charge on any atom is -0.395 e. The molecular weight excluding hydrogens is 220 g/mol. The van der Waals surface area contributed by atoms with Crippen LogP contribution in [-0.4, -0.2) is 26.0 Å². The fourth-order valence-electron chi connectivity index (χ4n) is 1.53. The molecular formula is C12H16N2OS. The van der Waals surface area contributed by atoms with E-state index >= 15 is 0 Å². The largest absolute Gasteiger partial charge is 0.395 e. The molecule has 4 heteroatoms. The number of rotatable bonds is 3. The second-order valence-electron chi connectivity index (χ2n) is 4.53. The molecule has 0 aliphatic carbocycles. The average molecular weight is 236 g/mol. The molecule has 1 heterocycles. The molecule has 0 fully saturated rings. The van der Waals surface area contributed by atoms with Crippen LogP contribution in [0.2, 0.25) is 0 Å². The highest BCUT2D eigenvalue weighted by atomic mass is 32.2. The van der Waals surface area contributed by atoms with Crippen molar-refractivity contribution in [3.05, 3.63) is 24.5 Å². The van der Waals surface area contributed by atoms with Gasteiger partial charge in [-0.2, -0.15) is 0 Å². The van der Waals surface area contributed by atoms with E-state index in [9.17, 15) is 5.11 Å². The minimum absolute atomic E-state index is 0.150. The number of aryl methyl sites for hydroxylation is 1. The second-order valence-corrected chi connectivity index (χ2v) is 6.31. The number of benzene rings is 1. The third kappa shape index (κ3) is 2.23. The summed E-state index contributed by atoms with van der Waals surface area (Å²) in [7, 11) is 1.99. The van der Waals surface area contributed by atoms with Crippen molar-refractivity contribution in [1.29, 1.82) is 0 Å². The summed E-state index contributed by atoms with van der Waals surface area (Å²) in [6.07, 6.45) is 1.82. The lowest BCUT2D eigenvalue weighted by molar-refractivity contribution is 0.265. The molecule has 1 aromatic carbocycles. The Morgan fingerprint density at radius 3 is 2.88 bits per heavy atom. The molecule has 1 aromatic heterocycles. The lowest BCUT2D eigenvalue weighted by Gasteiger charge is -2.20. The number of nitrogens with zero attached hydrogens (tertiary/aromatic N) is 2. The third-order valence-corrected chi connectivity index (χ3v) is 3.64. The Bertz CT molecular complexity index is 505. The first-order chi connectivity index (χ1) is 7.52. The predicted octanol–water partition coefficient (Wildman–Crippen LogP) is 2.44. The Labute approximate surface area is 99.5 Å². The number of fused-ring (bicyclic) bond motifs is 1. The van der Waals surface area contributed by atoms with Crippen molar-refractivity contribution < 1.29 is 5.11 Å². The molecule has 16 heavy (non-hydrogen) atoms. The average Bonchev–Trinajstić information content (AvgIpc) is 2.60. The lowest BCUT2D eigenvalue weighted by atomic mass is 10.2. The molecule has 3 nitrogen and oxygen atoms in total. The molecule has 0 atom stereocenters. The van der Waals surface area contributed by atoms with Gasteiger partial charge >= 0.3 is 0 Å². The molecule has 0 amide bonds. The maximum atomic E-state index is 9.23. The van der Waals surface area contributed by atoms with Crippen LogP contribution in [0.4, 0.5) is 0 Å². The van der Waals surface area contributed by atoms with Gasteiger partial charge in [0.15, 0.2) is 0 Å². The monoisotopic (exact) mass is 236 g/mol. The number of hydrogen-bond donors (Lipinski definition) is 1. The van der Waals surface area contributed by atoms with Crippen LogP contribution in [0.25, 0.3) is 11.0 Å². The fourth-order valence-corrected chi connectivity index (χ4v) is 2.54. The molecule has 86 valence electrons. The van der Waals surface area contributed by atoms with E-state index in [4.69, 9.17) is 0 Å². The van der Waals surface area contributed by atoms with Crippen LogP contribution in [0.5, 0.6) is 0 Å². The third-order valence-electron chi connectivity index (χ3n) is 2.47. The maximum absolute atomic E-state index is 9.23. The molecule has 0 aliphatic heterocycles. The van der Waals surface area contributed by atoms with Gasteiger partial charge in [0.1, 0.15) is 0 Å². The summed E-state index contributed by atoms with van der Waals surface area (Å²) in [5.74, 6) is 0. The van der Waals surface area contributed by atoms with E-state index in [2.05, 4.69) is 23.2 Å². The second kappa shape index (κ2) is 4.11. The molecule has 2 aromatic rings. The summed E-state index contributed by atoms with van der Waals surface area (Å²) >= 11 is 1.67. The highest BCUT2D eigenvalue weighted by molar-refractivity contribution is 8.00. The zero-order chi connectivity index (χ0) is 11.8. The Morgan fingerprint density at radius 1 is 1.44 bits per heavy atom. The summed E-state index contributed by atoms with van der Waals surface area (Å²) in [4.78, 5) is 5.47. The molecule has 0 radical (unpaired) electrons. The van der Waals surface area contributed by atoms with E-state index in [1.165, 1.54) is 0 Å². The molecule has 0 bridgehead atoms. The van der Waals surface area contributed by atoms with Gasteiger partial charge in [0, 0.05) is 16.7 Å². The number of aromatic nitrogens is 2. The minimum atomic E-state index is -0.150. The van der Waals surface area contributed by atoms with Crippen LogP contribution < -0.4 is 0 Å². The van der Waals surface area contributed by atoms with Crippen molar-refractivity contribution in [2.75, 3.05) is 6.61 Å². The lowest BCUT2D eigenvalue weighted by Crippen LogP contribution is -2.19. The first-order valence-electron chi connectivity index (χ1n) is 5.23. The Balaban J connectivity index is 2.33. The first-order valence-corrected chi connectivity index (χ1v) is 6.04. The van der Waals surface area contributed by atoms with Gasteiger partial charge in [0.25, 0.3) is 0 Å². The fraction of sp³-hybridized carbons (Fsp3) is 0.417. The van der Waals surface area contributed by atoms with Gasteiger partial charge in [-0.25, -0.2) is 4.98 Å². The van der Waals surface area contributed by atoms with Gasteiger partial charge in [0.05, 0.1) is 24.0 Å². The molecule has 0 saturated heterocycles. The Kier molecular flexibility index (Phi) is 2.95. The summed E-state index contributed by atoms with van der Waals surface area (Å²) in [6, 6.07) is 6.21. The van der Waals surface area contributed by atoms with Gasteiger partial charge in [-0.1, -0.05) is 0 Å². The molecule has 0 unspecified atom stereocenters. The topological polar surface area (TPSA) is 38.0 Å². The molecule has 0 saturated carbocycles. The summed E-state index contributed by atoms with van der Waals surface area (Å²) in [6.45, 7) is 4.22. The Morgan fingerprint density at radius 2 is 2.19 bits per heavy atom. The van der Waals surface area contributed by atoms with Crippen molar-refractivity contribution in [2.45, 2.75) is 23.5 Å². The van der Waals surface area contributed by atoms with Crippen LogP contribution in [0, 0.1) is 0 Å².